The second-order valence-corrected chi connectivity index (χ2v) is 9.76. The van der Waals surface area contributed by atoms with Crippen molar-refractivity contribution in [3.63, 3.8) is 0 Å². The Kier molecular flexibility index (Phi) is 6.67. The van der Waals surface area contributed by atoms with Gasteiger partial charge in [-0.05, 0) is 29.3 Å². The Bertz CT molecular complexity index is 1120. The number of hydrogen-bond acceptors (Lipinski definition) is 3. The van der Waals surface area contributed by atoms with Crippen molar-refractivity contribution < 1.29 is 17.6 Å². The minimum absolute atomic E-state index is 0.00879. The predicted octanol–water partition coefficient (Wildman–Crippen LogP) is 3.88. The van der Waals surface area contributed by atoms with Crippen LogP contribution in [0.2, 0.25) is 0 Å². The summed E-state index contributed by atoms with van der Waals surface area (Å²) in [4.78, 5) is 14.8. The number of rotatable bonds is 6. The third-order valence-corrected chi connectivity index (χ3v) is 7.70. The van der Waals surface area contributed by atoms with Crippen molar-refractivity contribution in [2.24, 2.45) is 0 Å². The van der Waals surface area contributed by atoms with Gasteiger partial charge in [0.05, 0.1) is 4.90 Å². The molecule has 0 atom stereocenters. The molecule has 0 unspecified atom stereocenters. The number of benzene rings is 3. The molecule has 0 bridgehead atoms. The summed E-state index contributed by atoms with van der Waals surface area (Å²) in [5, 5.41) is 0. The molecular weight excluding hydrogens is 427 g/mol. The molecule has 1 saturated heterocycles. The van der Waals surface area contributed by atoms with E-state index in [2.05, 4.69) is 0 Å². The van der Waals surface area contributed by atoms with Crippen molar-refractivity contribution in [2.45, 2.75) is 17.2 Å². The Labute approximate surface area is 188 Å². The highest BCUT2D eigenvalue weighted by molar-refractivity contribution is 7.89. The molecule has 1 fully saturated rings. The van der Waals surface area contributed by atoms with E-state index in [9.17, 15) is 17.6 Å². The highest BCUT2D eigenvalue weighted by Crippen LogP contribution is 2.29. The third kappa shape index (κ3) is 4.89. The minimum atomic E-state index is -3.79. The van der Waals surface area contributed by atoms with Crippen molar-refractivity contribution in [2.75, 3.05) is 26.2 Å². The Hall–Kier alpha value is -3.03. The standard InChI is InChI=1S/C25H25FN2O3S/c26-22-12-7-13-23(18-22)32(30,31)28-16-14-27(15-17-28)25(29)19-24(20-8-3-1-4-9-20)21-10-5-2-6-11-21/h1-13,18,24H,14-17,19H2. The van der Waals surface area contributed by atoms with Crippen LogP contribution in [0.4, 0.5) is 4.39 Å². The zero-order chi connectivity index (χ0) is 22.6. The zero-order valence-corrected chi connectivity index (χ0v) is 18.4. The molecule has 0 aliphatic carbocycles. The van der Waals surface area contributed by atoms with Crippen LogP contribution in [-0.4, -0.2) is 49.7 Å². The summed E-state index contributed by atoms with van der Waals surface area (Å²) in [6.45, 7) is 0.991. The monoisotopic (exact) mass is 452 g/mol. The number of hydrogen-bond donors (Lipinski definition) is 0. The van der Waals surface area contributed by atoms with E-state index in [1.54, 1.807) is 4.90 Å². The molecular formula is C25H25FN2O3S. The van der Waals surface area contributed by atoms with E-state index in [4.69, 9.17) is 0 Å². The average Bonchev–Trinajstić information content (AvgIpc) is 2.83. The van der Waals surface area contributed by atoms with Crippen LogP contribution in [0.25, 0.3) is 0 Å². The number of piperazine rings is 1. The van der Waals surface area contributed by atoms with E-state index in [1.165, 1.54) is 22.5 Å². The van der Waals surface area contributed by atoms with Crippen molar-refractivity contribution >= 4 is 15.9 Å². The lowest BCUT2D eigenvalue weighted by atomic mass is 9.88. The maximum atomic E-state index is 13.5. The van der Waals surface area contributed by atoms with E-state index in [0.29, 0.717) is 19.5 Å². The molecule has 3 aromatic rings. The Balaban J connectivity index is 1.44. The van der Waals surface area contributed by atoms with Crippen LogP contribution in [-0.2, 0) is 14.8 Å². The number of halogens is 1. The molecule has 4 rings (SSSR count). The Morgan fingerprint density at radius 3 is 1.91 bits per heavy atom. The molecule has 0 aromatic heterocycles. The first-order valence-electron chi connectivity index (χ1n) is 10.6. The molecule has 0 radical (unpaired) electrons. The summed E-state index contributed by atoms with van der Waals surface area (Å²) in [6, 6.07) is 24.9. The van der Waals surface area contributed by atoms with E-state index in [-0.39, 0.29) is 29.8 Å². The largest absolute Gasteiger partial charge is 0.340 e. The summed E-state index contributed by atoms with van der Waals surface area (Å²) in [7, 11) is -3.79. The van der Waals surface area contributed by atoms with Crippen molar-refractivity contribution in [3.8, 4) is 0 Å². The van der Waals surface area contributed by atoms with Crippen LogP contribution in [0.3, 0.4) is 0 Å². The molecule has 7 heteroatoms. The average molecular weight is 453 g/mol. The Morgan fingerprint density at radius 1 is 0.812 bits per heavy atom. The molecule has 32 heavy (non-hydrogen) atoms. The third-order valence-electron chi connectivity index (χ3n) is 5.81. The molecule has 1 aliphatic heterocycles. The van der Waals surface area contributed by atoms with Gasteiger partial charge in [0.25, 0.3) is 0 Å². The molecule has 1 heterocycles. The first kappa shape index (κ1) is 22.2. The number of carbonyl (C=O) groups excluding carboxylic acids is 1. The van der Waals surface area contributed by atoms with Crippen LogP contribution in [0, 0.1) is 5.82 Å². The molecule has 0 saturated carbocycles. The highest BCUT2D eigenvalue weighted by Gasteiger charge is 2.31. The number of amides is 1. The van der Waals surface area contributed by atoms with Gasteiger partial charge in [-0.15, -0.1) is 0 Å². The van der Waals surface area contributed by atoms with Gasteiger partial charge in [0, 0.05) is 38.5 Å². The molecule has 166 valence electrons. The lowest BCUT2D eigenvalue weighted by Gasteiger charge is -2.34. The quantitative estimate of drug-likeness (QED) is 0.570. The van der Waals surface area contributed by atoms with Crippen LogP contribution in [0.15, 0.2) is 89.8 Å². The summed E-state index contributed by atoms with van der Waals surface area (Å²) in [6.07, 6.45) is 0.310. The summed E-state index contributed by atoms with van der Waals surface area (Å²) in [5.74, 6) is -0.669. The van der Waals surface area contributed by atoms with Gasteiger partial charge >= 0.3 is 0 Å². The summed E-state index contributed by atoms with van der Waals surface area (Å²) >= 11 is 0. The van der Waals surface area contributed by atoms with Crippen LogP contribution in [0.5, 0.6) is 0 Å². The smallest absolute Gasteiger partial charge is 0.243 e. The van der Waals surface area contributed by atoms with Crippen LogP contribution >= 0.6 is 0 Å². The second-order valence-electron chi connectivity index (χ2n) is 7.82. The number of carbonyl (C=O) groups is 1. The van der Waals surface area contributed by atoms with Gasteiger partial charge in [-0.2, -0.15) is 4.31 Å². The maximum absolute atomic E-state index is 13.5. The van der Waals surface area contributed by atoms with Crippen molar-refractivity contribution in [1.82, 2.24) is 9.21 Å². The van der Waals surface area contributed by atoms with Crippen LogP contribution in [0.1, 0.15) is 23.5 Å². The first-order chi connectivity index (χ1) is 15.4. The van der Waals surface area contributed by atoms with E-state index >= 15 is 0 Å². The molecule has 1 aliphatic rings. The fourth-order valence-electron chi connectivity index (χ4n) is 4.06. The van der Waals surface area contributed by atoms with Gasteiger partial charge in [0.1, 0.15) is 5.82 Å². The fourth-order valence-corrected chi connectivity index (χ4v) is 5.51. The minimum Gasteiger partial charge on any atom is -0.340 e. The predicted molar refractivity (Wildman–Crippen MR) is 121 cm³/mol. The van der Waals surface area contributed by atoms with Crippen molar-refractivity contribution in [3.05, 3.63) is 102 Å². The maximum Gasteiger partial charge on any atom is 0.243 e. The van der Waals surface area contributed by atoms with E-state index < -0.39 is 15.8 Å². The van der Waals surface area contributed by atoms with Gasteiger partial charge in [-0.3, -0.25) is 4.79 Å². The van der Waals surface area contributed by atoms with Gasteiger partial charge in [-0.25, -0.2) is 12.8 Å². The summed E-state index contributed by atoms with van der Waals surface area (Å²) in [5.41, 5.74) is 2.14. The van der Waals surface area contributed by atoms with E-state index in [1.807, 2.05) is 60.7 Å². The van der Waals surface area contributed by atoms with Crippen LogP contribution < -0.4 is 0 Å². The number of nitrogens with zero attached hydrogens (tertiary/aromatic N) is 2. The zero-order valence-electron chi connectivity index (χ0n) is 17.6. The second kappa shape index (κ2) is 9.63. The lowest BCUT2D eigenvalue weighted by molar-refractivity contribution is -0.132. The van der Waals surface area contributed by atoms with Gasteiger partial charge in [-0.1, -0.05) is 66.7 Å². The lowest BCUT2D eigenvalue weighted by Crippen LogP contribution is -2.50. The van der Waals surface area contributed by atoms with Gasteiger partial charge in [0.15, 0.2) is 0 Å². The highest BCUT2D eigenvalue weighted by atomic mass is 32.2. The fraction of sp³-hybridized carbons (Fsp3) is 0.240. The molecule has 3 aromatic carbocycles. The van der Waals surface area contributed by atoms with Crippen molar-refractivity contribution in [1.29, 1.82) is 0 Å². The molecule has 5 nitrogen and oxygen atoms in total. The van der Waals surface area contributed by atoms with Gasteiger partial charge in [0.2, 0.25) is 15.9 Å². The normalized spacial score (nSPS) is 15.1. The topological polar surface area (TPSA) is 57.7 Å². The number of sulfonamides is 1. The van der Waals surface area contributed by atoms with E-state index in [0.717, 1.165) is 17.2 Å². The first-order valence-corrected chi connectivity index (χ1v) is 12.0. The molecule has 0 N–H and O–H groups in total. The molecule has 0 spiro atoms. The summed E-state index contributed by atoms with van der Waals surface area (Å²) < 4.78 is 40.5. The van der Waals surface area contributed by atoms with Gasteiger partial charge < -0.3 is 4.90 Å². The molecule has 1 amide bonds. The Morgan fingerprint density at radius 2 is 1.38 bits per heavy atom. The SMILES string of the molecule is O=C(CC(c1ccccc1)c1ccccc1)N1CCN(S(=O)(=O)c2cccc(F)c2)CC1.